The second-order valence-corrected chi connectivity index (χ2v) is 7.97. The number of nitrogens with one attached hydrogen (secondary N) is 1. The zero-order valence-electron chi connectivity index (χ0n) is 15.7. The van der Waals surface area contributed by atoms with Crippen molar-refractivity contribution in [1.29, 1.82) is 0 Å². The normalized spacial score (nSPS) is 11.3. The number of carbonyl (C=O) groups excluding carboxylic acids is 1. The van der Waals surface area contributed by atoms with E-state index in [2.05, 4.69) is 60.8 Å². The number of hydrogen-bond donors (Lipinski definition) is 1. The summed E-state index contributed by atoms with van der Waals surface area (Å²) >= 11 is 3.59. The fourth-order valence-electron chi connectivity index (χ4n) is 2.81. The third-order valence-corrected chi connectivity index (χ3v) is 4.95. The number of benzene rings is 2. The smallest absolute Gasteiger partial charge is 0.255 e. The fourth-order valence-corrected chi connectivity index (χ4v) is 3.79. The summed E-state index contributed by atoms with van der Waals surface area (Å²) in [6.07, 6.45) is 0. The molecule has 0 heterocycles. The summed E-state index contributed by atoms with van der Waals surface area (Å²) in [4.78, 5) is 14.8. The summed E-state index contributed by atoms with van der Waals surface area (Å²) in [6.45, 7) is 12.7. The minimum atomic E-state index is -0.100. The number of rotatable bonds is 5. The first kappa shape index (κ1) is 19.5. The van der Waals surface area contributed by atoms with E-state index in [-0.39, 0.29) is 11.3 Å². The van der Waals surface area contributed by atoms with Crippen molar-refractivity contribution < 1.29 is 4.79 Å². The lowest BCUT2D eigenvalue weighted by molar-refractivity contribution is 0.102. The third kappa shape index (κ3) is 4.85. The Bertz CT molecular complexity index is 729. The van der Waals surface area contributed by atoms with Crippen LogP contribution in [0.3, 0.4) is 0 Å². The van der Waals surface area contributed by atoms with E-state index in [0.29, 0.717) is 5.56 Å². The van der Waals surface area contributed by atoms with E-state index in [1.54, 1.807) is 0 Å². The summed E-state index contributed by atoms with van der Waals surface area (Å²) in [6, 6.07) is 13.8. The van der Waals surface area contributed by atoms with E-state index in [1.165, 1.54) is 11.3 Å². The highest BCUT2D eigenvalue weighted by Gasteiger charge is 2.18. The average Bonchev–Trinajstić information content (AvgIpc) is 2.56. The lowest BCUT2D eigenvalue weighted by atomic mass is 9.86. The van der Waals surface area contributed by atoms with Gasteiger partial charge in [0, 0.05) is 34.5 Å². The molecule has 0 unspecified atom stereocenters. The van der Waals surface area contributed by atoms with Crippen molar-refractivity contribution in [2.24, 2.45) is 0 Å². The Labute approximate surface area is 159 Å². The molecule has 0 bridgehead atoms. The molecule has 0 radical (unpaired) electrons. The van der Waals surface area contributed by atoms with Crippen LogP contribution in [0.25, 0.3) is 0 Å². The number of amides is 1. The molecule has 0 spiro atoms. The van der Waals surface area contributed by atoms with Gasteiger partial charge in [-0.25, -0.2) is 0 Å². The standard InChI is InChI=1S/C21H27BrN2O/c1-6-24(7-2)17-11-9-16(10-12-17)23-20(25)15-8-13-18(19(22)14-15)21(3,4)5/h8-14H,6-7H2,1-5H3,(H,23,25). The van der Waals surface area contributed by atoms with Crippen molar-refractivity contribution in [2.45, 2.75) is 40.0 Å². The molecule has 0 aliphatic carbocycles. The van der Waals surface area contributed by atoms with Crippen molar-refractivity contribution in [3.05, 3.63) is 58.1 Å². The van der Waals surface area contributed by atoms with Crippen LogP contribution in [0.4, 0.5) is 11.4 Å². The van der Waals surface area contributed by atoms with Crippen LogP contribution in [0.5, 0.6) is 0 Å². The molecule has 2 aromatic rings. The number of hydrogen-bond acceptors (Lipinski definition) is 2. The Kier molecular flexibility index (Phi) is 6.28. The van der Waals surface area contributed by atoms with Crippen molar-refractivity contribution in [2.75, 3.05) is 23.3 Å². The molecular weight excluding hydrogens is 376 g/mol. The maximum Gasteiger partial charge on any atom is 0.255 e. The predicted molar refractivity (Wildman–Crippen MR) is 111 cm³/mol. The summed E-state index contributed by atoms with van der Waals surface area (Å²) < 4.78 is 0.963. The molecule has 2 aromatic carbocycles. The Morgan fingerprint density at radius 3 is 2.12 bits per heavy atom. The van der Waals surface area contributed by atoms with Crippen molar-refractivity contribution in [3.63, 3.8) is 0 Å². The van der Waals surface area contributed by atoms with Crippen LogP contribution >= 0.6 is 15.9 Å². The van der Waals surface area contributed by atoms with Crippen LogP contribution in [0, 0.1) is 0 Å². The molecule has 0 saturated carbocycles. The van der Waals surface area contributed by atoms with E-state index in [0.717, 1.165) is 23.2 Å². The van der Waals surface area contributed by atoms with Crippen LogP contribution in [0.1, 0.15) is 50.5 Å². The Morgan fingerprint density at radius 1 is 1.04 bits per heavy atom. The van der Waals surface area contributed by atoms with Gasteiger partial charge in [0.25, 0.3) is 5.91 Å². The largest absolute Gasteiger partial charge is 0.372 e. The summed E-state index contributed by atoms with van der Waals surface area (Å²) in [5, 5.41) is 2.97. The van der Waals surface area contributed by atoms with Gasteiger partial charge in [-0.3, -0.25) is 4.79 Å². The monoisotopic (exact) mass is 402 g/mol. The molecule has 2 rings (SSSR count). The zero-order valence-corrected chi connectivity index (χ0v) is 17.3. The molecule has 25 heavy (non-hydrogen) atoms. The topological polar surface area (TPSA) is 32.3 Å². The van der Waals surface area contributed by atoms with Crippen LogP contribution in [-0.4, -0.2) is 19.0 Å². The molecule has 0 atom stereocenters. The fraction of sp³-hybridized carbons (Fsp3) is 0.381. The minimum absolute atomic E-state index is 0.0358. The first-order valence-electron chi connectivity index (χ1n) is 8.72. The van der Waals surface area contributed by atoms with Crippen LogP contribution in [-0.2, 0) is 5.41 Å². The van der Waals surface area contributed by atoms with E-state index in [4.69, 9.17) is 0 Å². The maximum atomic E-state index is 12.5. The van der Waals surface area contributed by atoms with Gasteiger partial charge in [-0.1, -0.05) is 42.8 Å². The van der Waals surface area contributed by atoms with Crippen LogP contribution in [0.2, 0.25) is 0 Å². The van der Waals surface area contributed by atoms with Crippen molar-refractivity contribution in [3.8, 4) is 0 Å². The van der Waals surface area contributed by atoms with E-state index >= 15 is 0 Å². The molecule has 3 nitrogen and oxygen atoms in total. The van der Waals surface area contributed by atoms with E-state index in [1.807, 2.05) is 42.5 Å². The first-order chi connectivity index (χ1) is 11.8. The molecule has 0 saturated heterocycles. The van der Waals surface area contributed by atoms with Gasteiger partial charge in [0.05, 0.1) is 0 Å². The molecule has 1 N–H and O–H groups in total. The highest BCUT2D eigenvalue weighted by atomic mass is 79.9. The van der Waals surface area contributed by atoms with Gasteiger partial charge in [0.2, 0.25) is 0 Å². The average molecular weight is 403 g/mol. The van der Waals surface area contributed by atoms with Gasteiger partial charge in [-0.05, 0) is 61.2 Å². The van der Waals surface area contributed by atoms with Gasteiger partial charge in [-0.15, -0.1) is 0 Å². The second kappa shape index (κ2) is 8.05. The lowest BCUT2D eigenvalue weighted by Crippen LogP contribution is -2.21. The Hall–Kier alpha value is -1.81. The predicted octanol–water partition coefficient (Wildman–Crippen LogP) is 5.85. The number of nitrogens with zero attached hydrogens (tertiary/aromatic N) is 1. The molecule has 0 aliphatic heterocycles. The highest BCUT2D eigenvalue weighted by molar-refractivity contribution is 9.10. The zero-order chi connectivity index (χ0) is 18.6. The quantitative estimate of drug-likeness (QED) is 0.680. The molecule has 1 amide bonds. The SMILES string of the molecule is CCN(CC)c1ccc(NC(=O)c2ccc(C(C)(C)C)c(Br)c2)cc1. The van der Waals surface area contributed by atoms with Gasteiger partial charge in [-0.2, -0.15) is 0 Å². The Morgan fingerprint density at radius 2 is 1.64 bits per heavy atom. The summed E-state index contributed by atoms with van der Waals surface area (Å²) in [5.74, 6) is -0.100. The van der Waals surface area contributed by atoms with Gasteiger partial charge >= 0.3 is 0 Å². The maximum absolute atomic E-state index is 12.5. The van der Waals surface area contributed by atoms with E-state index in [9.17, 15) is 4.79 Å². The summed E-state index contributed by atoms with van der Waals surface area (Å²) in [5.41, 5.74) is 3.84. The molecule has 0 aromatic heterocycles. The lowest BCUT2D eigenvalue weighted by Gasteiger charge is -2.21. The number of carbonyl (C=O) groups is 1. The van der Waals surface area contributed by atoms with Gasteiger partial charge in [0.15, 0.2) is 0 Å². The molecule has 0 aliphatic rings. The Balaban J connectivity index is 2.13. The van der Waals surface area contributed by atoms with Crippen LogP contribution in [0.15, 0.2) is 46.9 Å². The van der Waals surface area contributed by atoms with Gasteiger partial charge in [0.1, 0.15) is 0 Å². The molecule has 0 fully saturated rings. The third-order valence-electron chi connectivity index (χ3n) is 4.29. The van der Waals surface area contributed by atoms with E-state index < -0.39 is 0 Å². The second-order valence-electron chi connectivity index (χ2n) is 7.12. The van der Waals surface area contributed by atoms with Crippen molar-refractivity contribution >= 4 is 33.2 Å². The van der Waals surface area contributed by atoms with Crippen LogP contribution < -0.4 is 10.2 Å². The molecule has 134 valence electrons. The molecular formula is C21H27BrN2O. The first-order valence-corrected chi connectivity index (χ1v) is 9.52. The highest BCUT2D eigenvalue weighted by Crippen LogP contribution is 2.30. The number of halogens is 1. The molecule has 4 heteroatoms. The number of anilines is 2. The van der Waals surface area contributed by atoms with Gasteiger partial charge < -0.3 is 10.2 Å². The summed E-state index contributed by atoms with van der Waals surface area (Å²) in [7, 11) is 0. The minimum Gasteiger partial charge on any atom is -0.372 e. The van der Waals surface area contributed by atoms with Crippen molar-refractivity contribution in [1.82, 2.24) is 0 Å².